The van der Waals surface area contributed by atoms with Gasteiger partial charge in [0.2, 0.25) is 10.0 Å². The fourth-order valence-electron chi connectivity index (χ4n) is 3.77. The van der Waals surface area contributed by atoms with Crippen molar-refractivity contribution in [2.24, 2.45) is 0 Å². The minimum atomic E-state index is -3.23. The second kappa shape index (κ2) is 4.21. The predicted molar refractivity (Wildman–Crippen MR) is 77.0 cm³/mol. The number of hydrogen-bond acceptors (Lipinski definition) is 3. The SMILES string of the molecule is CC1N(S(C)(=O)=O)c2ccccc2C12CCNCC2. The molecular formula is C14H20N2O2S. The average Bonchev–Trinajstić information content (AvgIpc) is 2.61. The Morgan fingerprint density at radius 1 is 1.26 bits per heavy atom. The molecule has 1 aromatic rings. The summed E-state index contributed by atoms with van der Waals surface area (Å²) < 4.78 is 25.9. The molecule has 1 aromatic carbocycles. The van der Waals surface area contributed by atoms with E-state index in [0.717, 1.165) is 31.6 Å². The summed E-state index contributed by atoms with van der Waals surface area (Å²) in [5.74, 6) is 0. The van der Waals surface area contributed by atoms with Crippen molar-refractivity contribution in [3.05, 3.63) is 29.8 Å². The van der Waals surface area contributed by atoms with Crippen LogP contribution in [0.15, 0.2) is 24.3 Å². The van der Waals surface area contributed by atoms with Crippen LogP contribution in [0.3, 0.4) is 0 Å². The quantitative estimate of drug-likeness (QED) is 0.847. The number of nitrogens with zero attached hydrogens (tertiary/aromatic N) is 1. The Balaban J connectivity index is 2.19. The smallest absolute Gasteiger partial charge is 0.232 e. The van der Waals surface area contributed by atoms with Crippen molar-refractivity contribution in [3.63, 3.8) is 0 Å². The molecule has 2 heterocycles. The number of fused-ring (bicyclic) bond motifs is 2. The van der Waals surface area contributed by atoms with E-state index in [1.807, 2.05) is 25.1 Å². The highest BCUT2D eigenvalue weighted by Gasteiger charge is 2.51. The zero-order valence-electron chi connectivity index (χ0n) is 11.4. The molecule has 2 aliphatic rings. The first-order valence-corrected chi connectivity index (χ1v) is 8.61. The third-order valence-corrected chi connectivity index (χ3v) is 5.91. The minimum absolute atomic E-state index is 0.00185. The Bertz CT molecular complexity index is 591. The van der Waals surface area contributed by atoms with E-state index >= 15 is 0 Å². The highest BCUT2D eigenvalue weighted by atomic mass is 32.2. The Morgan fingerprint density at radius 2 is 1.89 bits per heavy atom. The number of para-hydroxylation sites is 1. The van der Waals surface area contributed by atoms with Crippen LogP contribution in [-0.2, 0) is 15.4 Å². The van der Waals surface area contributed by atoms with Gasteiger partial charge in [0.15, 0.2) is 0 Å². The maximum Gasteiger partial charge on any atom is 0.232 e. The van der Waals surface area contributed by atoms with E-state index in [-0.39, 0.29) is 11.5 Å². The topological polar surface area (TPSA) is 49.4 Å². The summed E-state index contributed by atoms with van der Waals surface area (Å²) in [6.45, 7) is 3.96. The molecule has 1 fully saturated rings. The van der Waals surface area contributed by atoms with Crippen LogP contribution in [0.4, 0.5) is 5.69 Å². The van der Waals surface area contributed by atoms with Gasteiger partial charge in [-0.2, -0.15) is 0 Å². The Kier molecular flexibility index (Phi) is 2.87. The highest BCUT2D eigenvalue weighted by molar-refractivity contribution is 7.92. The van der Waals surface area contributed by atoms with Crippen molar-refractivity contribution in [2.45, 2.75) is 31.2 Å². The fourth-order valence-corrected chi connectivity index (χ4v) is 5.06. The van der Waals surface area contributed by atoms with Crippen LogP contribution in [0.25, 0.3) is 0 Å². The molecule has 1 atom stereocenters. The Hall–Kier alpha value is -1.07. The predicted octanol–water partition coefficient (Wildman–Crippen LogP) is 1.48. The van der Waals surface area contributed by atoms with Crippen LogP contribution in [0.5, 0.6) is 0 Å². The van der Waals surface area contributed by atoms with Crippen molar-refractivity contribution in [1.29, 1.82) is 0 Å². The van der Waals surface area contributed by atoms with Gasteiger partial charge < -0.3 is 5.32 Å². The van der Waals surface area contributed by atoms with Gasteiger partial charge in [-0.25, -0.2) is 8.42 Å². The number of rotatable bonds is 1. The summed E-state index contributed by atoms with van der Waals surface area (Å²) >= 11 is 0. The number of sulfonamides is 1. The Morgan fingerprint density at radius 3 is 2.53 bits per heavy atom. The number of anilines is 1. The lowest BCUT2D eigenvalue weighted by Crippen LogP contribution is -2.50. The first kappa shape index (κ1) is 12.9. The molecule has 4 nitrogen and oxygen atoms in total. The highest BCUT2D eigenvalue weighted by Crippen LogP contribution is 2.50. The Labute approximate surface area is 114 Å². The van der Waals surface area contributed by atoms with Crippen LogP contribution in [0.2, 0.25) is 0 Å². The normalized spacial score (nSPS) is 25.6. The second-order valence-corrected chi connectivity index (χ2v) is 7.52. The van der Waals surface area contributed by atoms with Crippen molar-refractivity contribution in [2.75, 3.05) is 23.7 Å². The third-order valence-electron chi connectivity index (χ3n) is 4.68. The maximum absolute atomic E-state index is 12.1. The lowest BCUT2D eigenvalue weighted by Gasteiger charge is -2.39. The number of piperidine rings is 1. The van der Waals surface area contributed by atoms with Crippen molar-refractivity contribution in [1.82, 2.24) is 5.32 Å². The summed E-state index contributed by atoms with van der Waals surface area (Å²) in [6.07, 6.45) is 3.30. The average molecular weight is 280 g/mol. The molecule has 104 valence electrons. The van der Waals surface area contributed by atoms with Crippen molar-refractivity contribution < 1.29 is 8.42 Å². The molecule has 19 heavy (non-hydrogen) atoms. The summed E-state index contributed by atoms with van der Waals surface area (Å²) in [4.78, 5) is 0. The molecule has 0 aromatic heterocycles. The molecule has 1 N–H and O–H groups in total. The molecule has 3 rings (SSSR count). The molecule has 0 bridgehead atoms. The van der Waals surface area contributed by atoms with Crippen LogP contribution < -0.4 is 9.62 Å². The fraction of sp³-hybridized carbons (Fsp3) is 0.571. The third kappa shape index (κ3) is 1.79. The zero-order valence-corrected chi connectivity index (χ0v) is 12.2. The van der Waals surface area contributed by atoms with Gasteiger partial charge >= 0.3 is 0 Å². The molecule has 0 radical (unpaired) electrons. The molecular weight excluding hydrogens is 260 g/mol. The largest absolute Gasteiger partial charge is 0.317 e. The monoisotopic (exact) mass is 280 g/mol. The van der Waals surface area contributed by atoms with Crippen LogP contribution in [0.1, 0.15) is 25.3 Å². The lowest BCUT2D eigenvalue weighted by molar-refractivity contribution is 0.284. The minimum Gasteiger partial charge on any atom is -0.317 e. The molecule has 5 heteroatoms. The molecule has 1 spiro atoms. The molecule has 1 saturated heterocycles. The van der Waals surface area contributed by atoms with Gasteiger partial charge in [-0.1, -0.05) is 18.2 Å². The van der Waals surface area contributed by atoms with Gasteiger partial charge in [0.05, 0.1) is 18.0 Å². The van der Waals surface area contributed by atoms with E-state index in [1.165, 1.54) is 11.8 Å². The molecule has 0 saturated carbocycles. The van der Waals surface area contributed by atoms with Crippen molar-refractivity contribution in [3.8, 4) is 0 Å². The first-order chi connectivity index (χ1) is 8.97. The molecule has 0 amide bonds. The van der Waals surface area contributed by atoms with Gasteiger partial charge in [-0.15, -0.1) is 0 Å². The second-order valence-electron chi connectivity index (χ2n) is 5.66. The van der Waals surface area contributed by atoms with Gasteiger partial charge in [-0.05, 0) is 44.5 Å². The summed E-state index contributed by atoms with van der Waals surface area (Å²) in [5.41, 5.74) is 2.05. The molecule has 1 unspecified atom stereocenters. The first-order valence-electron chi connectivity index (χ1n) is 6.76. The number of hydrogen-bond donors (Lipinski definition) is 1. The van der Waals surface area contributed by atoms with Crippen LogP contribution >= 0.6 is 0 Å². The number of nitrogens with one attached hydrogen (secondary N) is 1. The van der Waals surface area contributed by atoms with Crippen LogP contribution in [-0.4, -0.2) is 33.8 Å². The van der Waals surface area contributed by atoms with E-state index in [4.69, 9.17) is 0 Å². The molecule has 0 aliphatic carbocycles. The van der Waals surface area contributed by atoms with Crippen molar-refractivity contribution >= 4 is 15.7 Å². The van der Waals surface area contributed by atoms with E-state index < -0.39 is 10.0 Å². The van der Waals surface area contributed by atoms with Gasteiger partial charge in [-0.3, -0.25) is 4.31 Å². The van der Waals surface area contributed by atoms with E-state index in [0.29, 0.717) is 0 Å². The van der Waals surface area contributed by atoms with E-state index in [1.54, 1.807) is 4.31 Å². The standard InChI is InChI=1S/C14H20N2O2S/c1-11-14(7-9-15-10-8-14)12-5-3-4-6-13(12)16(11)19(2,17)18/h3-6,11,15H,7-10H2,1-2H3. The van der Waals surface area contributed by atoms with E-state index in [9.17, 15) is 8.42 Å². The van der Waals surface area contributed by atoms with Gasteiger partial charge in [0.25, 0.3) is 0 Å². The van der Waals surface area contributed by atoms with E-state index in [2.05, 4.69) is 11.4 Å². The van der Waals surface area contributed by atoms with Gasteiger partial charge in [0.1, 0.15) is 0 Å². The molecule has 2 aliphatic heterocycles. The maximum atomic E-state index is 12.1. The zero-order chi connectivity index (χ0) is 13.7. The number of benzene rings is 1. The summed E-state index contributed by atoms with van der Waals surface area (Å²) in [6, 6.07) is 7.97. The summed E-state index contributed by atoms with van der Waals surface area (Å²) in [7, 11) is -3.23. The lowest BCUT2D eigenvalue weighted by atomic mass is 9.70. The van der Waals surface area contributed by atoms with Gasteiger partial charge in [0, 0.05) is 5.41 Å². The van der Waals surface area contributed by atoms with Crippen LogP contribution in [0, 0.1) is 0 Å². The summed E-state index contributed by atoms with van der Waals surface area (Å²) in [5, 5.41) is 3.37.